The molecule has 0 aliphatic carbocycles. The van der Waals surface area contributed by atoms with Crippen molar-refractivity contribution in [3.8, 4) is 5.75 Å². The van der Waals surface area contributed by atoms with Crippen molar-refractivity contribution in [3.63, 3.8) is 0 Å². The molecule has 1 aromatic carbocycles. The third kappa shape index (κ3) is 14.0. The summed E-state index contributed by atoms with van der Waals surface area (Å²) < 4.78 is 96.7. The van der Waals surface area contributed by atoms with Gasteiger partial charge in [-0.1, -0.05) is 0 Å². The molecule has 0 fully saturated rings. The van der Waals surface area contributed by atoms with Crippen LogP contribution in [0.3, 0.4) is 0 Å². The first-order chi connectivity index (χ1) is 19.2. The van der Waals surface area contributed by atoms with Crippen molar-refractivity contribution in [2.45, 2.75) is 26.0 Å². The molecule has 0 aliphatic heterocycles. The van der Waals surface area contributed by atoms with Crippen molar-refractivity contribution in [3.05, 3.63) is 29.1 Å². The molecule has 0 aromatic heterocycles. The standard InChI is InChI=1S/C24H35F5N4O7/c1-16(35-2)32-5-3-17(33-30)15-31-6-8-37-10-12-39-14-13-38-11-9-36-7-4-18(34)40-24-22(28)20(26)19(25)21(27)23(24)29/h15-16,32H,3-14,30H2,1-2H3/b31-15?,33-17-. The number of hydrogen-bond acceptors (Lipinski definition) is 11. The summed E-state index contributed by atoms with van der Waals surface area (Å²) >= 11 is 0. The van der Waals surface area contributed by atoms with Crippen LogP contribution in [0.5, 0.6) is 5.75 Å². The van der Waals surface area contributed by atoms with Crippen molar-refractivity contribution in [1.82, 2.24) is 5.32 Å². The van der Waals surface area contributed by atoms with Crippen LogP contribution in [0.1, 0.15) is 19.8 Å². The van der Waals surface area contributed by atoms with Crippen LogP contribution >= 0.6 is 0 Å². The number of nitrogens with two attached hydrogens (primary N) is 1. The van der Waals surface area contributed by atoms with E-state index >= 15 is 0 Å². The van der Waals surface area contributed by atoms with Gasteiger partial charge in [-0.2, -0.15) is 13.9 Å². The third-order valence-corrected chi connectivity index (χ3v) is 4.89. The van der Waals surface area contributed by atoms with Crippen LogP contribution in [0.2, 0.25) is 0 Å². The fourth-order valence-electron chi connectivity index (χ4n) is 2.69. The summed E-state index contributed by atoms with van der Waals surface area (Å²) in [7, 11) is 1.61. The van der Waals surface area contributed by atoms with Gasteiger partial charge in [0.05, 0.1) is 71.5 Å². The zero-order chi connectivity index (χ0) is 29.8. The smallest absolute Gasteiger partial charge is 0.313 e. The lowest BCUT2D eigenvalue weighted by molar-refractivity contribution is -0.136. The minimum atomic E-state index is -2.35. The summed E-state index contributed by atoms with van der Waals surface area (Å²) in [5, 5.41) is 6.82. The second kappa shape index (κ2) is 21.0. The number of rotatable bonds is 22. The number of esters is 1. The molecule has 0 heterocycles. The maximum Gasteiger partial charge on any atom is 0.313 e. The molecule has 3 N–H and O–H groups in total. The zero-order valence-electron chi connectivity index (χ0n) is 22.4. The van der Waals surface area contributed by atoms with Crippen LogP contribution < -0.4 is 15.9 Å². The Labute approximate surface area is 228 Å². The highest BCUT2D eigenvalue weighted by atomic mass is 19.2. The predicted molar refractivity (Wildman–Crippen MR) is 134 cm³/mol. The molecule has 1 aromatic rings. The van der Waals surface area contributed by atoms with Gasteiger partial charge in [-0.25, -0.2) is 13.2 Å². The van der Waals surface area contributed by atoms with Crippen LogP contribution in [0.4, 0.5) is 22.0 Å². The normalized spacial score (nSPS) is 12.8. The monoisotopic (exact) mass is 586 g/mol. The van der Waals surface area contributed by atoms with E-state index < -0.39 is 47.2 Å². The van der Waals surface area contributed by atoms with Gasteiger partial charge in [-0.15, -0.1) is 0 Å². The topological polar surface area (TPSA) is 135 Å². The Morgan fingerprint density at radius 3 is 1.85 bits per heavy atom. The van der Waals surface area contributed by atoms with E-state index in [1.54, 1.807) is 13.3 Å². The Hall–Kier alpha value is -2.76. The van der Waals surface area contributed by atoms with E-state index in [1.807, 2.05) is 6.92 Å². The quantitative estimate of drug-likeness (QED) is 0.0200. The molecule has 0 saturated carbocycles. The van der Waals surface area contributed by atoms with E-state index in [0.717, 1.165) is 0 Å². The van der Waals surface area contributed by atoms with Crippen molar-refractivity contribution >= 4 is 17.9 Å². The Bertz CT molecular complexity index is 928. The number of halogens is 5. The lowest BCUT2D eigenvalue weighted by Gasteiger charge is -2.10. The first-order valence-electron chi connectivity index (χ1n) is 12.3. The number of ether oxygens (including phenoxy) is 6. The molecule has 0 amide bonds. The van der Waals surface area contributed by atoms with E-state index in [1.165, 1.54) is 0 Å². The minimum absolute atomic E-state index is 0.0610. The highest BCUT2D eigenvalue weighted by molar-refractivity contribution is 6.30. The first kappa shape index (κ1) is 35.3. The Morgan fingerprint density at radius 2 is 1.32 bits per heavy atom. The van der Waals surface area contributed by atoms with Gasteiger partial charge < -0.3 is 34.3 Å². The van der Waals surface area contributed by atoms with Gasteiger partial charge in [0.15, 0.2) is 0 Å². The molecule has 0 bridgehead atoms. The Balaban J connectivity index is 1.98. The van der Waals surface area contributed by atoms with Crippen LogP contribution in [0.25, 0.3) is 0 Å². The van der Waals surface area contributed by atoms with Gasteiger partial charge in [0, 0.05) is 26.3 Å². The lowest BCUT2D eigenvalue weighted by Crippen LogP contribution is -2.30. The molecule has 0 saturated heterocycles. The van der Waals surface area contributed by atoms with Gasteiger partial charge in [0.1, 0.15) is 6.23 Å². The summed E-state index contributed by atoms with van der Waals surface area (Å²) in [6, 6.07) is 0. The Kier molecular flexibility index (Phi) is 18.6. The maximum absolute atomic E-state index is 13.5. The third-order valence-electron chi connectivity index (χ3n) is 4.89. The molecule has 1 unspecified atom stereocenters. The van der Waals surface area contributed by atoms with Gasteiger partial charge >= 0.3 is 5.97 Å². The van der Waals surface area contributed by atoms with E-state index in [2.05, 4.69) is 20.1 Å². The summed E-state index contributed by atoms with van der Waals surface area (Å²) in [5.74, 6) is -8.79. The van der Waals surface area contributed by atoms with E-state index in [0.29, 0.717) is 51.6 Å². The highest BCUT2D eigenvalue weighted by Gasteiger charge is 2.28. The van der Waals surface area contributed by atoms with Gasteiger partial charge in [0.2, 0.25) is 34.8 Å². The minimum Gasteiger partial charge on any atom is -0.420 e. The van der Waals surface area contributed by atoms with Crippen molar-refractivity contribution in [2.75, 3.05) is 73.1 Å². The van der Waals surface area contributed by atoms with E-state index in [9.17, 15) is 26.7 Å². The lowest BCUT2D eigenvalue weighted by atomic mass is 10.2. The number of hydrazone groups is 1. The zero-order valence-corrected chi connectivity index (χ0v) is 22.4. The van der Waals surface area contributed by atoms with Gasteiger partial charge in [-0.05, 0) is 6.92 Å². The molecule has 0 aliphatic rings. The molecule has 11 nitrogen and oxygen atoms in total. The summed E-state index contributed by atoms with van der Waals surface area (Å²) in [6.07, 6.45) is 1.67. The average Bonchev–Trinajstić information content (AvgIpc) is 2.95. The summed E-state index contributed by atoms with van der Waals surface area (Å²) in [4.78, 5) is 15.8. The molecule has 228 valence electrons. The number of methoxy groups -OCH3 is 1. The van der Waals surface area contributed by atoms with Crippen molar-refractivity contribution in [2.24, 2.45) is 15.9 Å². The predicted octanol–water partition coefficient (Wildman–Crippen LogP) is 2.10. The Morgan fingerprint density at radius 1 is 0.825 bits per heavy atom. The van der Waals surface area contributed by atoms with Gasteiger partial charge in [0.25, 0.3) is 0 Å². The van der Waals surface area contributed by atoms with Crippen LogP contribution in [0.15, 0.2) is 10.1 Å². The SMILES string of the molecule is COC(C)NCC/C(C=NCCOCCOCCOCCOCCC(=O)Oc1c(F)c(F)c(F)c(F)c1F)=N/N. The average molecular weight is 587 g/mol. The number of hydrogen-bond donors (Lipinski definition) is 2. The molecule has 0 spiro atoms. The molecule has 1 rings (SSSR count). The highest BCUT2D eigenvalue weighted by Crippen LogP contribution is 2.29. The largest absolute Gasteiger partial charge is 0.420 e. The second-order valence-electron chi connectivity index (χ2n) is 7.81. The second-order valence-corrected chi connectivity index (χ2v) is 7.81. The molecule has 40 heavy (non-hydrogen) atoms. The van der Waals surface area contributed by atoms with Crippen molar-refractivity contribution in [1.29, 1.82) is 0 Å². The van der Waals surface area contributed by atoms with Crippen LogP contribution in [0, 0.1) is 29.1 Å². The number of carbonyl (C=O) groups excluding carboxylic acids is 1. The van der Waals surface area contributed by atoms with Gasteiger partial charge in [-0.3, -0.25) is 15.1 Å². The molecule has 0 radical (unpaired) electrons. The number of aliphatic imine (C=N–C) groups is 1. The van der Waals surface area contributed by atoms with E-state index in [4.69, 9.17) is 29.5 Å². The first-order valence-corrected chi connectivity index (χ1v) is 12.3. The molecular weight excluding hydrogens is 551 g/mol. The van der Waals surface area contributed by atoms with Crippen LogP contribution in [-0.2, 0) is 28.5 Å². The maximum atomic E-state index is 13.5. The number of carbonyl (C=O) groups is 1. The fourth-order valence-corrected chi connectivity index (χ4v) is 2.69. The van der Waals surface area contributed by atoms with E-state index in [-0.39, 0.29) is 32.7 Å². The van der Waals surface area contributed by atoms with Crippen LogP contribution in [-0.4, -0.2) is 97.2 Å². The number of nitrogens with zero attached hydrogens (tertiary/aromatic N) is 2. The molecule has 1 atom stereocenters. The fraction of sp³-hybridized carbons (Fsp3) is 0.625. The molecular formula is C24H35F5N4O7. The summed E-state index contributed by atoms with van der Waals surface area (Å²) in [6.45, 7) is 4.72. The molecule has 16 heteroatoms. The number of nitrogens with one attached hydrogen (secondary N) is 1. The summed E-state index contributed by atoms with van der Waals surface area (Å²) in [5.41, 5.74) is 0.651. The van der Waals surface area contributed by atoms with Crippen molar-refractivity contribution < 1.29 is 55.2 Å². The number of benzene rings is 1.